The third kappa shape index (κ3) is 6.18. The van der Waals surface area contributed by atoms with Crippen LogP contribution in [0, 0.1) is 5.41 Å². The Morgan fingerprint density at radius 1 is 1.14 bits per heavy atom. The van der Waals surface area contributed by atoms with Gasteiger partial charge in [-0.25, -0.2) is 4.98 Å². The molecule has 158 valence electrons. The Balaban J connectivity index is 1.46. The van der Waals surface area contributed by atoms with Crippen LogP contribution >= 0.6 is 11.3 Å². The molecule has 28 heavy (non-hydrogen) atoms. The van der Waals surface area contributed by atoms with Crippen molar-refractivity contribution in [3.8, 4) is 0 Å². The molecule has 0 aromatic carbocycles. The molecule has 1 fully saturated rings. The predicted octanol–water partition coefficient (Wildman–Crippen LogP) is 3.84. The van der Waals surface area contributed by atoms with Gasteiger partial charge in [-0.1, -0.05) is 19.3 Å². The number of aliphatic hydroxyl groups is 1. The molecule has 0 amide bonds. The van der Waals surface area contributed by atoms with Crippen molar-refractivity contribution in [1.29, 1.82) is 0 Å². The Labute approximate surface area is 174 Å². The van der Waals surface area contributed by atoms with Gasteiger partial charge in [0.25, 0.3) is 0 Å². The second-order valence-corrected chi connectivity index (χ2v) is 9.61. The summed E-state index contributed by atoms with van der Waals surface area (Å²) in [4.78, 5) is 11.3. The molecule has 1 saturated carbocycles. The maximum Gasteiger partial charge on any atom is 0.191 e. The van der Waals surface area contributed by atoms with Crippen molar-refractivity contribution in [2.45, 2.75) is 84.0 Å². The summed E-state index contributed by atoms with van der Waals surface area (Å²) in [6.45, 7) is 5.00. The summed E-state index contributed by atoms with van der Waals surface area (Å²) in [5, 5.41) is 17.7. The number of aryl methyl sites for hydroxylation is 3. The number of nitrogens with zero attached hydrogens (tertiary/aromatic N) is 2. The molecule has 0 unspecified atom stereocenters. The normalized spacial score (nSPS) is 19.3. The van der Waals surface area contributed by atoms with Crippen molar-refractivity contribution < 1.29 is 5.11 Å². The molecule has 1 aromatic rings. The monoisotopic (exact) mass is 406 g/mol. The van der Waals surface area contributed by atoms with Gasteiger partial charge < -0.3 is 15.7 Å². The maximum absolute atomic E-state index is 9.51. The Hall–Kier alpha value is -1.14. The average molecular weight is 407 g/mol. The van der Waals surface area contributed by atoms with Gasteiger partial charge in [-0.15, -0.1) is 11.3 Å². The van der Waals surface area contributed by atoms with Crippen LogP contribution in [0.4, 0.5) is 0 Å². The van der Waals surface area contributed by atoms with E-state index in [1.54, 1.807) is 0 Å². The topological polar surface area (TPSA) is 69.5 Å². The average Bonchev–Trinajstić information content (AvgIpc) is 3.13. The first-order chi connectivity index (χ1) is 13.7. The van der Waals surface area contributed by atoms with Crippen molar-refractivity contribution in [2.24, 2.45) is 10.4 Å². The fourth-order valence-electron chi connectivity index (χ4n) is 4.57. The van der Waals surface area contributed by atoms with Crippen molar-refractivity contribution in [1.82, 2.24) is 15.6 Å². The molecule has 0 radical (unpaired) electrons. The Bertz CT molecular complexity index is 593. The summed E-state index contributed by atoms with van der Waals surface area (Å²) in [6.07, 6.45) is 14.3. The van der Waals surface area contributed by atoms with Gasteiger partial charge in [-0.05, 0) is 63.7 Å². The van der Waals surface area contributed by atoms with E-state index in [4.69, 9.17) is 9.98 Å². The molecule has 3 N–H and O–H groups in total. The van der Waals surface area contributed by atoms with Crippen LogP contribution in [0.2, 0.25) is 0 Å². The summed E-state index contributed by atoms with van der Waals surface area (Å²) < 4.78 is 0. The number of hydrogen-bond acceptors (Lipinski definition) is 4. The van der Waals surface area contributed by atoms with Crippen LogP contribution in [0.15, 0.2) is 4.99 Å². The highest BCUT2D eigenvalue weighted by Crippen LogP contribution is 2.39. The van der Waals surface area contributed by atoms with Crippen LogP contribution in [0.5, 0.6) is 0 Å². The number of aliphatic imine (C=N–C) groups is 1. The van der Waals surface area contributed by atoms with Crippen molar-refractivity contribution in [2.75, 3.05) is 26.2 Å². The number of nitrogens with one attached hydrogen (secondary N) is 2. The zero-order valence-corrected chi connectivity index (χ0v) is 18.4. The van der Waals surface area contributed by atoms with Gasteiger partial charge in [0, 0.05) is 37.5 Å². The molecule has 0 bridgehead atoms. The van der Waals surface area contributed by atoms with Gasteiger partial charge in [-0.3, -0.25) is 4.99 Å². The molecule has 0 atom stereocenters. The SMILES string of the molecule is CCNC(=NCC1(CCO)CCCCC1)NCCCc1nc2c(s1)CCCC2. The van der Waals surface area contributed by atoms with Gasteiger partial charge >= 0.3 is 0 Å². The van der Waals surface area contributed by atoms with Crippen LogP contribution < -0.4 is 10.6 Å². The van der Waals surface area contributed by atoms with Gasteiger partial charge in [0.2, 0.25) is 0 Å². The number of hydrogen-bond donors (Lipinski definition) is 3. The minimum absolute atomic E-state index is 0.204. The van der Waals surface area contributed by atoms with E-state index in [0.29, 0.717) is 0 Å². The molecule has 1 heterocycles. The van der Waals surface area contributed by atoms with E-state index >= 15 is 0 Å². The predicted molar refractivity (Wildman–Crippen MR) is 118 cm³/mol. The van der Waals surface area contributed by atoms with Gasteiger partial charge in [0.05, 0.1) is 10.7 Å². The first kappa shape index (κ1) is 21.6. The maximum atomic E-state index is 9.51. The van der Waals surface area contributed by atoms with E-state index in [0.717, 1.165) is 44.9 Å². The highest BCUT2D eigenvalue weighted by Gasteiger charge is 2.31. The third-order valence-electron chi connectivity index (χ3n) is 6.22. The van der Waals surface area contributed by atoms with Gasteiger partial charge in [0.15, 0.2) is 5.96 Å². The molecule has 2 aliphatic carbocycles. The molecule has 0 spiro atoms. The smallest absolute Gasteiger partial charge is 0.191 e. The zero-order chi connectivity index (χ0) is 19.7. The standard InChI is InChI=1S/C22H38N4OS/c1-2-23-21(25-17-22(14-16-27)12-6-3-7-13-22)24-15-8-11-20-26-18-9-4-5-10-19(18)28-20/h27H,2-17H2,1H3,(H2,23,24,25). The van der Waals surface area contributed by atoms with E-state index in [2.05, 4.69) is 17.6 Å². The minimum Gasteiger partial charge on any atom is -0.396 e. The first-order valence-electron chi connectivity index (χ1n) is 11.4. The number of rotatable bonds is 9. The number of thiazole rings is 1. The molecular weight excluding hydrogens is 368 g/mol. The van der Waals surface area contributed by atoms with Gasteiger partial charge in [0.1, 0.15) is 0 Å². The van der Waals surface area contributed by atoms with Crippen LogP contribution in [-0.2, 0) is 19.3 Å². The van der Waals surface area contributed by atoms with Crippen molar-refractivity contribution in [3.05, 3.63) is 15.6 Å². The fourth-order valence-corrected chi connectivity index (χ4v) is 5.77. The van der Waals surface area contributed by atoms with E-state index in [1.165, 1.54) is 73.4 Å². The molecule has 0 aliphatic heterocycles. The lowest BCUT2D eigenvalue weighted by molar-refractivity contribution is 0.137. The van der Waals surface area contributed by atoms with Crippen LogP contribution in [-0.4, -0.2) is 42.3 Å². The van der Waals surface area contributed by atoms with E-state index in [-0.39, 0.29) is 12.0 Å². The highest BCUT2D eigenvalue weighted by atomic mass is 32.1. The van der Waals surface area contributed by atoms with E-state index < -0.39 is 0 Å². The highest BCUT2D eigenvalue weighted by molar-refractivity contribution is 7.11. The summed E-state index contributed by atoms with van der Waals surface area (Å²) in [5.74, 6) is 0.920. The molecule has 1 aromatic heterocycles. The quantitative estimate of drug-likeness (QED) is 0.331. The number of aliphatic hydroxyl groups excluding tert-OH is 1. The number of fused-ring (bicyclic) bond motifs is 1. The van der Waals surface area contributed by atoms with Gasteiger partial charge in [-0.2, -0.15) is 0 Å². The first-order valence-corrected chi connectivity index (χ1v) is 12.2. The Morgan fingerprint density at radius 3 is 2.71 bits per heavy atom. The molecule has 6 heteroatoms. The summed E-state index contributed by atoms with van der Waals surface area (Å²) >= 11 is 1.93. The lowest BCUT2D eigenvalue weighted by atomic mass is 9.72. The van der Waals surface area contributed by atoms with Crippen LogP contribution in [0.3, 0.4) is 0 Å². The Morgan fingerprint density at radius 2 is 1.96 bits per heavy atom. The van der Waals surface area contributed by atoms with E-state index in [1.807, 2.05) is 11.3 Å². The number of aromatic nitrogens is 1. The molecule has 5 nitrogen and oxygen atoms in total. The lowest BCUT2D eigenvalue weighted by Crippen LogP contribution is -2.39. The summed E-state index contributed by atoms with van der Waals surface area (Å²) in [7, 11) is 0. The second-order valence-electron chi connectivity index (χ2n) is 8.44. The van der Waals surface area contributed by atoms with E-state index in [9.17, 15) is 5.11 Å². The summed E-state index contributed by atoms with van der Waals surface area (Å²) in [5.41, 5.74) is 1.57. The third-order valence-corrected chi connectivity index (χ3v) is 7.44. The van der Waals surface area contributed by atoms with Crippen LogP contribution in [0.1, 0.15) is 80.3 Å². The molecular formula is C22H38N4OS. The van der Waals surface area contributed by atoms with Crippen LogP contribution in [0.25, 0.3) is 0 Å². The molecule has 0 saturated heterocycles. The minimum atomic E-state index is 0.204. The zero-order valence-electron chi connectivity index (χ0n) is 17.6. The van der Waals surface area contributed by atoms with Crippen molar-refractivity contribution >= 4 is 17.3 Å². The second kappa shape index (κ2) is 11.1. The number of guanidine groups is 1. The molecule has 2 aliphatic rings. The largest absolute Gasteiger partial charge is 0.396 e. The fraction of sp³-hybridized carbons (Fsp3) is 0.818. The Kier molecular flexibility index (Phi) is 8.59. The lowest BCUT2D eigenvalue weighted by Gasteiger charge is -2.35. The molecule has 3 rings (SSSR count). The van der Waals surface area contributed by atoms with Crippen molar-refractivity contribution in [3.63, 3.8) is 0 Å². The summed E-state index contributed by atoms with van der Waals surface area (Å²) in [6, 6.07) is 0.